The van der Waals surface area contributed by atoms with Gasteiger partial charge in [-0.05, 0) is 18.2 Å². The van der Waals surface area contributed by atoms with Gasteiger partial charge in [0.2, 0.25) is 0 Å². The molecule has 0 unspecified atom stereocenters. The standard InChI is InChI=1S/C13H9N.2ClH/c1-3-7-12-10(5-1)9-11-6-2-4-8-13(11)14-12;;/h1-9H;2*1H. The minimum absolute atomic E-state index is 0. The Morgan fingerprint density at radius 3 is 1.56 bits per heavy atom. The number of rotatable bonds is 0. The lowest BCUT2D eigenvalue weighted by Gasteiger charge is -1.99. The first-order valence-electron chi connectivity index (χ1n) is 4.68. The van der Waals surface area contributed by atoms with Gasteiger partial charge in [-0.25, -0.2) is 4.98 Å². The summed E-state index contributed by atoms with van der Waals surface area (Å²) in [6, 6.07) is 18.6. The zero-order chi connectivity index (χ0) is 9.38. The van der Waals surface area contributed by atoms with Crippen molar-refractivity contribution in [1.29, 1.82) is 0 Å². The third-order valence-corrected chi connectivity index (χ3v) is 2.43. The van der Waals surface area contributed by atoms with E-state index in [0.29, 0.717) is 0 Å². The van der Waals surface area contributed by atoms with Crippen LogP contribution in [-0.2, 0) is 0 Å². The van der Waals surface area contributed by atoms with Gasteiger partial charge in [-0.2, -0.15) is 0 Å². The van der Waals surface area contributed by atoms with Gasteiger partial charge in [0.25, 0.3) is 0 Å². The van der Waals surface area contributed by atoms with Crippen LogP contribution in [0.4, 0.5) is 0 Å². The van der Waals surface area contributed by atoms with E-state index in [0.717, 1.165) is 11.0 Å². The molecule has 1 heterocycles. The van der Waals surface area contributed by atoms with Crippen LogP contribution in [0.25, 0.3) is 21.8 Å². The molecule has 82 valence electrons. The first-order chi connectivity index (χ1) is 6.93. The van der Waals surface area contributed by atoms with Crippen molar-refractivity contribution in [3.05, 3.63) is 54.6 Å². The van der Waals surface area contributed by atoms with Gasteiger partial charge in [0.15, 0.2) is 0 Å². The second-order valence-electron chi connectivity index (χ2n) is 3.37. The maximum Gasteiger partial charge on any atom is 0.0709 e. The molecule has 0 saturated carbocycles. The highest BCUT2D eigenvalue weighted by Gasteiger charge is 1.96. The summed E-state index contributed by atoms with van der Waals surface area (Å²) in [6.07, 6.45) is 0. The van der Waals surface area contributed by atoms with Gasteiger partial charge in [-0.1, -0.05) is 36.4 Å². The van der Waals surface area contributed by atoms with Crippen LogP contribution in [-0.4, -0.2) is 4.98 Å². The van der Waals surface area contributed by atoms with E-state index >= 15 is 0 Å². The smallest absolute Gasteiger partial charge is 0.0709 e. The molecule has 16 heavy (non-hydrogen) atoms. The molecular formula is C13H11Cl2N. The van der Waals surface area contributed by atoms with Crippen molar-refractivity contribution in [2.45, 2.75) is 0 Å². The molecule has 0 aliphatic heterocycles. The number of pyridine rings is 1. The van der Waals surface area contributed by atoms with Crippen molar-refractivity contribution in [1.82, 2.24) is 4.98 Å². The van der Waals surface area contributed by atoms with Crippen LogP contribution >= 0.6 is 24.8 Å². The second-order valence-corrected chi connectivity index (χ2v) is 3.37. The van der Waals surface area contributed by atoms with E-state index in [2.05, 4.69) is 23.2 Å². The molecule has 2 aromatic carbocycles. The first-order valence-corrected chi connectivity index (χ1v) is 4.68. The van der Waals surface area contributed by atoms with E-state index in [9.17, 15) is 0 Å². The molecule has 3 heteroatoms. The van der Waals surface area contributed by atoms with Crippen LogP contribution in [0.15, 0.2) is 54.6 Å². The summed E-state index contributed by atoms with van der Waals surface area (Å²) in [5, 5.41) is 2.40. The Labute approximate surface area is 106 Å². The lowest BCUT2D eigenvalue weighted by Crippen LogP contribution is -1.80. The van der Waals surface area contributed by atoms with Gasteiger partial charge < -0.3 is 0 Å². The molecule has 3 rings (SSSR count). The molecule has 0 atom stereocenters. The van der Waals surface area contributed by atoms with Gasteiger partial charge in [-0.3, -0.25) is 0 Å². The summed E-state index contributed by atoms with van der Waals surface area (Å²) in [7, 11) is 0. The summed E-state index contributed by atoms with van der Waals surface area (Å²) >= 11 is 0. The van der Waals surface area contributed by atoms with Crippen molar-refractivity contribution in [2.75, 3.05) is 0 Å². The molecule has 1 nitrogen and oxygen atoms in total. The number of benzene rings is 2. The van der Waals surface area contributed by atoms with Crippen molar-refractivity contribution < 1.29 is 0 Å². The van der Waals surface area contributed by atoms with E-state index in [4.69, 9.17) is 0 Å². The molecule has 0 spiro atoms. The summed E-state index contributed by atoms with van der Waals surface area (Å²) in [5.74, 6) is 0. The lowest BCUT2D eigenvalue weighted by molar-refractivity contribution is 1.50. The number of fused-ring (bicyclic) bond motifs is 2. The van der Waals surface area contributed by atoms with Crippen LogP contribution in [0.3, 0.4) is 0 Å². The summed E-state index contributed by atoms with van der Waals surface area (Å²) < 4.78 is 0. The fourth-order valence-corrected chi connectivity index (χ4v) is 1.72. The molecule has 0 aliphatic carbocycles. The van der Waals surface area contributed by atoms with Gasteiger partial charge in [-0.15, -0.1) is 24.8 Å². The highest BCUT2D eigenvalue weighted by molar-refractivity contribution is 5.92. The average molecular weight is 252 g/mol. The predicted octanol–water partition coefficient (Wildman–Crippen LogP) is 4.23. The van der Waals surface area contributed by atoms with Crippen LogP contribution in [0, 0.1) is 0 Å². The predicted molar refractivity (Wildman–Crippen MR) is 73.7 cm³/mol. The fraction of sp³-hybridized carbons (Fsp3) is 0. The maximum absolute atomic E-state index is 4.58. The Balaban J connectivity index is 0.000000640. The number of nitrogens with zero attached hydrogens (tertiary/aromatic N) is 1. The van der Waals surface area contributed by atoms with E-state index < -0.39 is 0 Å². The molecule has 0 amide bonds. The zero-order valence-electron chi connectivity index (χ0n) is 8.46. The van der Waals surface area contributed by atoms with Crippen LogP contribution in [0.5, 0.6) is 0 Å². The highest BCUT2D eigenvalue weighted by Crippen LogP contribution is 2.18. The lowest BCUT2D eigenvalue weighted by atomic mass is 10.1. The van der Waals surface area contributed by atoms with Gasteiger partial charge >= 0.3 is 0 Å². The van der Waals surface area contributed by atoms with E-state index in [1.54, 1.807) is 0 Å². The summed E-state index contributed by atoms with van der Waals surface area (Å²) in [6.45, 7) is 0. The maximum atomic E-state index is 4.58. The van der Waals surface area contributed by atoms with E-state index in [1.807, 2.05) is 36.4 Å². The van der Waals surface area contributed by atoms with Gasteiger partial charge in [0, 0.05) is 10.8 Å². The van der Waals surface area contributed by atoms with Gasteiger partial charge in [0.1, 0.15) is 0 Å². The van der Waals surface area contributed by atoms with Crippen LogP contribution in [0.2, 0.25) is 0 Å². The SMILES string of the molecule is Cl.Cl.c1ccc2nc3ccccc3cc2c1. The molecule has 1 aromatic heterocycles. The Bertz CT molecular complexity index is 503. The zero-order valence-corrected chi connectivity index (χ0v) is 10.1. The molecule has 0 N–H and O–H groups in total. The summed E-state index contributed by atoms with van der Waals surface area (Å²) in [5.41, 5.74) is 2.12. The number of hydrogen-bond acceptors (Lipinski definition) is 1. The molecule has 0 fully saturated rings. The van der Waals surface area contributed by atoms with Crippen molar-refractivity contribution >= 4 is 46.6 Å². The normalized spacial score (nSPS) is 9.50. The molecule has 0 saturated heterocycles. The third-order valence-electron chi connectivity index (χ3n) is 2.43. The topological polar surface area (TPSA) is 12.9 Å². The minimum atomic E-state index is 0. The minimum Gasteiger partial charge on any atom is -0.248 e. The Morgan fingerprint density at radius 1 is 0.625 bits per heavy atom. The third kappa shape index (κ3) is 2.11. The van der Waals surface area contributed by atoms with E-state index in [-0.39, 0.29) is 24.8 Å². The van der Waals surface area contributed by atoms with Crippen LogP contribution in [0.1, 0.15) is 0 Å². The van der Waals surface area contributed by atoms with Crippen LogP contribution < -0.4 is 0 Å². The summed E-state index contributed by atoms with van der Waals surface area (Å²) in [4.78, 5) is 4.58. The average Bonchev–Trinajstić information content (AvgIpc) is 2.26. The molecule has 3 aromatic rings. The van der Waals surface area contributed by atoms with Crippen molar-refractivity contribution in [2.24, 2.45) is 0 Å². The number of aromatic nitrogens is 1. The first kappa shape index (κ1) is 12.8. The number of hydrogen-bond donors (Lipinski definition) is 0. The molecule has 0 radical (unpaired) electrons. The van der Waals surface area contributed by atoms with Crippen molar-refractivity contribution in [3.8, 4) is 0 Å². The quantitative estimate of drug-likeness (QED) is 0.545. The van der Waals surface area contributed by atoms with Gasteiger partial charge in [0.05, 0.1) is 11.0 Å². The Morgan fingerprint density at radius 2 is 1.06 bits per heavy atom. The largest absolute Gasteiger partial charge is 0.248 e. The van der Waals surface area contributed by atoms with Crippen molar-refractivity contribution in [3.63, 3.8) is 0 Å². The fourth-order valence-electron chi connectivity index (χ4n) is 1.72. The monoisotopic (exact) mass is 251 g/mol. The highest BCUT2D eigenvalue weighted by atomic mass is 35.5. The Hall–Kier alpha value is -1.31. The number of halogens is 2. The van der Waals surface area contributed by atoms with E-state index in [1.165, 1.54) is 10.8 Å². The molecule has 0 aliphatic rings. The second kappa shape index (κ2) is 5.15. The Kier molecular flexibility index (Phi) is 4.11. The number of para-hydroxylation sites is 2. The molecular weight excluding hydrogens is 241 g/mol. The molecule has 0 bridgehead atoms.